The number of amides is 3. The maximum absolute atomic E-state index is 11.8. The summed E-state index contributed by atoms with van der Waals surface area (Å²) in [5.74, 6) is 0.163. The zero-order valence-electron chi connectivity index (χ0n) is 14.1. The number of carbonyl (C=O) groups is 2. The third-order valence-electron chi connectivity index (χ3n) is 4.11. The van der Waals surface area contributed by atoms with Gasteiger partial charge in [-0.05, 0) is 43.7 Å². The first kappa shape index (κ1) is 18.7. The summed E-state index contributed by atoms with van der Waals surface area (Å²) in [6.45, 7) is 6.83. The second-order valence-electron chi connectivity index (χ2n) is 5.94. The Bertz CT molecular complexity index is 542. The third-order valence-corrected chi connectivity index (χ3v) is 4.64. The molecular weight excluding hydrogens is 372 g/mol. The van der Waals surface area contributed by atoms with Gasteiger partial charge in [0.25, 0.3) is 0 Å². The number of anilines is 1. The van der Waals surface area contributed by atoms with Crippen molar-refractivity contribution in [2.75, 3.05) is 44.6 Å². The average Bonchev–Trinajstić information content (AvgIpc) is 2.57. The molecule has 0 aromatic heterocycles. The largest absolute Gasteiger partial charge is 0.340 e. The molecule has 0 saturated carbocycles. The normalized spacial score (nSPS) is 15.2. The van der Waals surface area contributed by atoms with Crippen molar-refractivity contribution in [2.45, 2.75) is 19.8 Å². The van der Waals surface area contributed by atoms with Crippen LogP contribution in [-0.2, 0) is 4.79 Å². The van der Waals surface area contributed by atoms with Crippen LogP contribution in [0.25, 0.3) is 0 Å². The highest BCUT2D eigenvalue weighted by molar-refractivity contribution is 9.10. The SMILES string of the molecule is CC(=O)N1CCN(CCCCNC(=O)Nc2ccc(Br)cc2)CC1. The lowest BCUT2D eigenvalue weighted by atomic mass is 10.2. The summed E-state index contributed by atoms with van der Waals surface area (Å²) in [5, 5.41) is 5.68. The Morgan fingerprint density at radius 1 is 1.08 bits per heavy atom. The molecule has 1 aromatic carbocycles. The highest BCUT2D eigenvalue weighted by Crippen LogP contribution is 2.13. The number of carbonyl (C=O) groups excluding carboxylic acids is 2. The van der Waals surface area contributed by atoms with E-state index in [4.69, 9.17) is 0 Å². The van der Waals surface area contributed by atoms with Crippen LogP contribution < -0.4 is 10.6 Å². The van der Waals surface area contributed by atoms with Gasteiger partial charge in [0.1, 0.15) is 0 Å². The molecule has 132 valence electrons. The minimum Gasteiger partial charge on any atom is -0.340 e. The molecule has 0 aliphatic carbocycles. The van der Waals surface area contributed by atoms with Crippen LogP contribution in [0.3, 0.4) is 0 Å². The third kappa shape index (κ3) is 6.49. The smallest absolute Gasteiger partial charge is 0.319 e. The van der Waals surface area contributed by atoms with Gasteiger partial charge in [-0.25, -0.2) is 4.79 Å². The van der Waals surface area contributed by atoms with Gasteiger partial charge < -0.3 is 15.5 Å². The molecule has 1 aliphatic heterocycles. The van der Waals surface area contributed by atoms with Crippen LogP contribution in [0.15, 0.2) is 28.7 Å². The van der Waals surface area contributed by atoms with E-state index in [1.165, 1.54) is 0 Å². The van der Waals surface area contributed by atoms with Crippen LogP contribution in [0, 0.1) is 0 Å². The van der Waals surface area contributed by atoms with Crippen LogP contribution in [0.5, 0.6) is 0 Å². The number of hydrogen-bond acceptors (Lipinski definition) is 3. The van der Waals surface area contributed by atoms with Crippen molar-refractivity contribution in [1.82, 2.24) is 15.1 Å². The summed E-state index contributed by atoms with van der Waals surface area (Å²) in [7, 11) is 0. The molecule has 2 rings (SSSR count). The second kappa shape index (κ2) is 9.64. The Balaban J connectivity index is 1.53. The highest BCUT2D eigenvalue weighted by atomic mass is 79.9. The Hall–Kier alpha value is -1.60. The highest BCUT2D eigenvalue weighted by Gasteiger charge is 2.17. The fourth-order valence-electron chi connectivity index (χ4n) is 2.66. The number of urea groups is 1. The van der Waals surface area contributed by atoms with Crippen molar-refractivity contribution in [1.29, 1.82) is 0 Å². The van der Waals surface area contributed by atoms with Gasteiger partial charge in [-0.3, -0.25) is 9.69 Å². The molecule has 1 saturated heterocycles. The quantitative estimate of drug-likeness (QED) is 0.726. The summed E-state index contributed by atoms with van der Waals surface area (Å²) >= 11 is 3.36. The van der Waals surface area contributed by atoms with E-state index >= 15 is 0 Å². The zero-order chi connectivity index (χ0) is 17.4. The van der Waals surface area contributed by atoms with E-state index in [0.29, 0.717) is 6.54 Å². The molecule has 0 atom stereocenters. The molecule has 0 radical (unpaired) electrons. The monoisotopic (exact) mass is 396 g/mol. The Kier molecular flexibility index (Phi) is 7.52. The second-order valence-corrected chi connectivity index (χ2v) is 6.86. The zero-order valence-corrected chi connectivity index (χ0v) is 15.6. The Morgan fingerprint density at radius 2 is 1.75 bits per heavy atom. The first-order chi connectivity index (χ1) is 11.5. The molecule has 24 heavy (non-hydrogen) atoms. The van der Waals surface area contributed by atoms with Gasteiger partial charge >= 0.3 is 6.03 Å². The van der Waals surface area contributed by atoms with Crippen molar-refractivity contribution < 1.29 is 9.59 Å². The molecule has 0 unspecified atom stereocenters. The fourth-order valence-corrected chi connectivity index (χ4v) is 2.92. The van der Waals surface area contributed by atoms with E-state index in [2.05, 4.69) is 31.5 Å². The number of halogens is 1. The van der Waals surface area contributed by atoms with E-state index in [9.17, 15) is 9.59 Å². The van der Waals surface area contributed by atoms with Gasteiger partial charge in [0, 0.05) is 49.8 Å². The van der Waals surface area contributed by atoms with Gasteiger partial charge in [-0.1, -0.05) is 15.9 Å². The number of nitrogens with zero attached hydrogens (tertiary/aromatic N) is 2. The molecular formula is C17H25BrN4O2. The van der Waals surface area contributed by atoms with E-state index in [-0.39, 0.29) is 11.9 Å². The number of nitrogens with one attached hydrogen (secondary N) is 2. The molecule has 1 aromatic rings. The Labute approximate surface area is 151 Å². The summed E-state index contributed by atoms with van der Waals surface area (Å²) in [4.78, 5) is 27.3. The molecule has 1 aliphatic rings. The number of benzene rings is 1. The van der Waals surface area contributed by atoms with Crippen molar-refractivity contribution in [3.63, 3.8) is 0 Å². The van der Waals surface area contributed by atoms with Crippen molar-refractivity contribution in [3.05, 3.63) is 28.7 Å². The number of unbranched alkanes of at least 4 members (excludes halogenated alkanes) is 1. The molecule has 1 fully saturated rings. The lowest BCUT2D eigenvalue weighted by Crippen LogP contribution is -2.48. The van der Waals surface area contributed by atoms with Crippen LogP contribution in [0.4, 0.5) is 10.5 Å². The van der Waals surface area contributed by atoms with E-state index in [0.717, 1.165) is 55.7 Å². The predicted octanol–water partition coefficient (Wildman–Crippen LogP) is 2.51. The minimum atomic E-state index is -0.174. The van der Waals surface area contributed by atoms with Gasteiger partial charge in [0.05, 0.1) is 0 Å². The summed E-state index contributed by atoms with van der Waals surface area (Å²) in [6, 6.07) is 7.31. The molecule has 6 nitrogen and oxygen atoms in total. The van der Waals surface area contributed by atoms with Crippen LogP contribution in [-0.4, -0.2) is 61.0 Å². The van der Waals surface area contributed by atoms with E-state index in [1.807, 2.05) is 29.2 Å². The van der Waals surface area contributed by atoms with E-state index < -0.39 is 0 Å². The van der Waals surface area contributed by atoms with Gasteiger partial charge in [-0.15, -0.1) is 0 Å². The lowest BCUT2D eigenvalue weighted by molar-refractivity contribution is -0.130. The molecule has 7 heteroatoms. The summed E-state index contributed by atoms with van der Waals surface area (Å²) in [6.07, 6.45) is 1.99. The molecule has 2 N–H and O–H groups in total. The van der Waals surface area contributed by atoms with Gasteiger partial charge in [0.2, 0.25) is 5.91 Å². The van der Waals surface area contributed by atoms with Crippen LogP contribution in [0.1, 0.15) is 19.8 Å². The first-order valence-corrected chi connectivity index (χ1v) is 9.12. The standard InChI is InChI=1S/C17H25BrN4O2/c1-14(23)22-12-10-21(11-13-22)9-3-2-8-19-17(24)20-16-6-4-15(18)5-7-16/h4-7H,2-3,8-13H2,1H3,(H2,19,20,24). The molecule has 0 bridgehead atoms. The number of rotatable bonds is 6. The topological polar surface area (TPSA) is 64.7 Å². The number of piperazine rings is 1. The van der Waals surface area contributed by atoms with Crippen LogP contribution in [0.2, 0.25) is 0 Å². The lowest BCUT2D eigenvalue weighted by Gasteiger charge is -2.34. The van der Waals surface area contributed by atoms with Crippen molar-refractivity contribution in [2.24, 2.45) is 0 Å². The van der Waals surface area contributed by atoms with Gasteiger partial charge in [-0.2, -0.15) is 0 Å². The average molecular weight is 397 g/mol. The van der Waals surface area contributed by atoms with Gasteiger partial charge in [0.15, 0.2) is 0 Å². The minimum absolute atomic E-state index is 0.163. The molecule has 1 heterocycles. The first-order valence-electron chi connectivity index (χ1n) is 8.33. The maximum Gasteiger partial charge on any atom is 0.319 e. The predicted molar refractivity (Wildman–Crippen MR) is 99.1 cm³/mol. The van der Waals surface area contributed by atoms with Crippen LogP contribution >= 0.6 is 15.9 Å². The molecule has 0 spiro atoms. The maximum atomic E-state index is 11.8. The number of hydrogen-bond donors (Lipinski definition) is 2. The fraction of sp³-hybridized carbons (Fsp3) is 0.529. The van der Waals surface area contributed by atoms with E-state index in [1.54, 1.807) is 6.92 Å². The molecule has 3 amide bonds. The summed E-state index contributed by atoms with van der Waals surface area (Å²) < 4.78 is 0.984. The summed E-state index contributed by atoms with van der Waals surface area (Å²) in [5.41, 5.74) is 0.777. The van der Waals surface area contributed by atoms with Crippen molar-refractivity contribution >= 4 is 33.6 Å². The Morgan fingerprint density at radius 3 is 2.38 bits per heavy atom. The van der Waals surface area contributed by atoms with Crippen molar-refractivity contribution in [3.8, 4) is 0 Å².